The third-order valence-electron chi connectivity index (χ3n) is 4.03. The number of anilines is 2. The topological polar surface area (TPSA) is 32.3 Å². The Morgan fingerprint density at radius 1 is 0.913 bits per heavy atom. The van der Waals surface area contributed by atoms with Gasteiger partial charge in [0.15, 0.2) is 0 Å². The Morgan fingerprint density at radius 3 is 2.35 bits per heavy atom. The molecular formula is C18H18Cl2N2O. The van der Waals surface area contributed by atoms with Crippen LogP contribution in [0.4, 0.5) is 11.4 Å². The largest absolute Gasteiger partial charge is 0.369 e. The number of carbonyl (C=O) groups excluding carboxylic acids is 1. The van der Waals surface area contributed by atoms with Crippen LogP contribution >= 0.6 is 23.2 Å². The third kappa shape index (κ3) is 3.62. The van der Waals surface area contributed by atoms with Gasteiger partial charge in [-0.1, -0.05) is 41.4 Å². The predicted octanol–water partition coefficient (Wildman–Crippen LogP) is 5.24. The maximum Gasteiger partial charge on any atom is 0.257 e. The van der Waals surface area contributed by atoms with Crippen molar-refractivity contribution in [1.29, 1.82) is 0 Å². The molecule has 0 atom stereocenters. The molecule has 120 valence electrons. The fourth-order valence-electron chi connectivity index (χ4n) is 2.89. The van der Waals surface area contributed by atoms with E-state index in [2.05, 4.69) is 10.2 Å². The van der Waals surface area contributed by atoms with Gasteiger partial charge in [-0.25, -0.2) is 0 Å². The standard InChI is InChI=1S/C18H18Cl2N2O/c19-14-8-3-2-7-13(14)18(23)21-16-10-6-9-15(20)17(16)22-11-4-1-5-12-22/h2-3,6-10H,1,4-5,11-12H2,(H,21,23). The van der Waals surface area contributed by atoms with Crippen molar-refractivity contribution in [3.05, 3.63) is 58.1 Å². The Hall–Kier alpha value is -1.71. The van der Waals surface area contributed by atoms with Crippen LogP contribution in [0.3, 0.4) is 0 Å². The van der Waals surface area contributed by atoms with Gasteiger partial charge in [0.25, 0.3) is 5.91 Å². The van der Waals surface area contributed by atoms with E-state index in [0.29, 0.717) is 15.6 Å². The summed E-state index contributed by atoms with van der Waals surface area (Å²) in [6.45, 7) is 1.91. The van der Waals surface area contributed by atoms with E-state index in [1.165, 1.54) is 6.42 Å². The summed E-state index contributed by atoms with van der Waals surface area (Å²) in [5.41, 5.74) is 2.08. The van der Waals surface area contributed by atoms with Gasteiger partial charge in [0, 0.05) is 13.1 Å². The molecule has 1 N–H and O–H groups in total. The highest BCUT2D eigenvalue weighted by Gasteiger charge is 2.19. The lowest BCUT2D eigenvalue weighted by molar-refractivity contribution is 0.102. The van der Waals surface area contributed by atoms with Crippen LogP contribution in [0.15, 0.2) is 42.5 Å². The zero-order chi connectivity index (χ0) is 16.2. The van der Waals surface area contributed by atoms with Crippen LogP contribution in [0.2, 0.25) is 10.0 Å². The number of rotatable bonds is 3. The Bertz CT molecular complexity index is 712. The Balaban J connectivity index is 1.89. The van der Waals surface area contributed by atoms with E-state index in [-0.39, 0.29) is 5.91 Å². The molecule has 1 fully saturated rings. The monoisotopic (exact) mass is 348 g/mol. The lowest BCUT2D eigenvalue weighted by Gasteiger charge is -2.31. The fraction of sp³-hybridized carbons (Fsp3) is 0.278. The van der Waals surface area contributed by atoms with Crippen LogP contribution < -0.4 is 10.2 Å². The van der Waals surface area contributed by atoms with Gasteiger partial charge in [0.2, 0.25) is 0 Å². The number of nitrogens with one attached hydrogen (secondary N) is 1. The number of carbonyl (C=O) groups is 1. The van der Waals surface area contributed by atoms with Gasteiger partial charge in [-0.3, -0.25) is 4.79 Å². The molecule has 1 aliphatic rings. The highest BCUT2D eigenvalue weighted by atomic mass is 35.5. The van der Waals surface area contributed by atoms with Crippen molar-refractivity contribution in [2.24, 2.45) is 0 Å². The van der Waals surface area contributed by atoms with E-state index < -0.39 is 0 Å². The van der Waals surface area contributed by atoms with Crippen LogP contribution in [-0.4, -0.2) is 19.0 Å². The summed E-state index contributed by atoms with van der Waals surface area (Å²) in [6, 6.07) is 12.6. The first-order chi connectivity index (χ1) is 11.2. The first-order valence-electron chi connectivity index (χ1n) is 7.76. The van der Waals surface area contributed by atoms with Gasteiger partial charge < -0.3 is 10.2 Å². The molecule has 0 saturated carbocycles. The minimum absolute atomic E-state index is 0.226. The minimum Gasteiger partial charge on any atom is -0.369 e. The van der Waals surface area contributed by atoms with E-state index in [1.54, 1.807) is 24.3 Å². The van der Waals surface area contributed by atoms with E-state index in [1.807, 2.05) is 18.2 Å². The van der Waals surface area contributed by atoms with Crippen molar-refractivity contribution in [1.82, 2.24) is 0 Å². The molecule has 3 rings (SSSR count). The van der Waals surface area contributed by atoms with Crippen LogP contribution in [0.25, 0.3) is 0 Å². The van der Waals surface area contributed by atoms with E-state index in [9.17, 15) is 4.79 Å². The highest BCUT2D eigenvalue weighted by Crippen LogP contribution is 2.36. The molecule has 1 amide bonds. The second kappa shape index (κ2) is 7.24. The molecule has 0 aromatic heterocycles. The molecule has 1 saturated heterocycles. The first-order valence-corrected chi connectivity index (χ1v) is 8.52. The molecule has 23 heavy (non-hydrogen) atoms. The fourth-order valence-corrected chi connectivity index (χ4v) is 3.41. The first kappa shape index (κ1) is 16.2. The maximum absolute atomic E-state index is 12.5. The minimum atomic E-state index is -0.226. The molecule has 1 heterocycles. The summed E-state index contributed by atoms with van der Waals surface area (Å²) in [5.74, 6) is -0.226. The molecule has 2 aromatic carbocycles. The Kier molecular flexibility index (Phi) is 5.09. The molecule has 0 bridgehead atoms. The van der Waals surface area contributed by atoms with Crippen molar-refractivity contribution in [2.45, 2.75) is 19.3 Å². The quantitative estimate of drug-likeness (QED) is 0.822. The molecule has 0 unspecified atom stereocenters. The number of para-hydroxylation sites is 1. The van der Waals surface area contributed by atoms with Gasteiger partial charge >= 0.3 is 0 Å². The second-order valence-corrected chi connectivity index (χ2v) is 6.43. The van der Waals surface area contributed by atoms with Gasteiger partial charge in [-0.15, -0.1) is 0 Å². The van der Waals surface area contributed by atoms with Crippen molar-refractivity contribution in [2.75, 3.05) is 23.3 Å². The molecule has 0 radical (unpaired) electrons. The number of amides is 1. The summed E-state index contributed by atoms with van der Waals surface area (Å²) < 4.78 is 0. The number of benzene rings is 2. The Morgan fingerprint density at radius 2 is 1.61 bits per heavy atom. The maximum atomic E-state index is 12.5. The van der Waals surface area contributed by atoms with Crippen molar-refractivity contribution in [3.63, 3.8) is 0 Å². The summed E-state index contributed by atoms with van der Waals surface area (Å²) in [4.78, 5) is 14.8. The average Bonchev–Trinajstić information content (AvgIpc) is 2.56. The van der Waals surface area contributed by atoms with E-state index in [0.717, 1.165) is 37.3 Å². The number of nitrogens with zero attached hydrogens (tertiary/aromatic N) is 1. The van der Waals surface area contributed by atoms with Gasteiger partial charge in [0.05, 0.1) is 27.0 Å². The van der Waals surface area contributed by atoms with Crippen LogP contribution in [0.5, 0.6) is 0 Å². The highest BCUT2D eigenvalue weighted by molar-refractivity contribution is 6.35. The molecule has 5 heteroatoms. The summed E-state index contributed by atoms with van der Waals surface area (Å²) in [6.07, 6.45) is 3.52. The van der Waals surface area contributed by atoms with Crippen molar-refractivity contribution >= 4 is 40.5 Å². The molecule has 2 aromatic rings. The summed E-state index contributed by atoms with van der Waals surface area (Å²) >= 11 is 12.5. The number of hydrogen-bond acceptors (Lipinski definition) is 2. The van der Waals surface area contributed by atoms with Crippen LogP contribution in [0.1, 0.15) is 29.6 Å². The molecule has 1 aliphatic heterocycles. The molecule has 0 spiro atoms. The average molecular weight is 349 g/mol. The third-order valence-corrected chi connectivity index (χ3v) is 4.66. The van der Waals surface area contributed by atoms with Crippen molar-refractivity contribution < 1.29 is 4.79 Å². The lowest BCUT2D eigenvalue weighted by Crippen LogP contribution is -2.30. The number of hydrogen-bond donors (Lipinski definition) is 1. The summed E-state index contributed by atoms with van der Waals surface area (Å²) in [7, 11) is 0. The SMILES string of the molecule is O=C(Nc1cccc(Cl)c1N1CCCCC1)c1ccccc1Cl. The van der Waals surface area contributed by atoms with E-state index in [4.69, 9.17) is 23.2 Å². The lowest BCUT2D eigenvalue weighted by atomic mass is 10.1. The zero-order valence-corrected chi connectivity index (χ0v) is 14.2. The summed E-state index contributed by atoms with van der Waals surface area (Å²) in [5, 5.41) is 4.05. The van der Waals surface area contributed by atoms with Gasteiger partial charge in [-0.05, 0) is 43.5 Å². The van der Waals surface area contributed by atoms with Crippen LogP contribution in [0, 0.1) is 0 Å². The van der Waals surface area contributed by atoms with Gasteiger partial charge in [-0.2, -0.15) is 0 Å². The second-order valence-electron chi connectivity index (χ2n) is 5.62. The number of halogens is 2. The molecule has 0 aliphatic carbocycles. The smallest absolute Gasteiger partial charge is 0.257 e. The van der Waals surface area contributed by atoms with Crippen LogP contribution in [-0.2, 0) is 0 Å². The van der Waals surface area contributed by atoms with Gasteiger partial charge in [0.1, 0.15) is 0 Å². The molecular weight excluding hydrogens is 331 g/mol. The zero-order valence-electron chi connectivity index (χ0n) is 12.7. The Labute approximate surface area is 146 Å². The van der Waals surface area contributed by atoms with E-state index >= 15 is 0 Å². The number of piperidine rings is 1. The molecule has 3 nitrogen and oxygen atoms in total. The predicted molar refractivity (Wildman–Crippen MR) is 96.9 cm³/mol. The normalized spacial score (nSPS) is 14.6. The van der Waals surface area contributed by atoms with Crippen molar-refractivity contribution in [3.8, 4) is 0 Å².